The molecular formula is C41H59N3O8. The van der Waals surface area contributed by atoms with E-state index in [1.54, 1.807) is 6.08 Å². The van der Waals surface area contributed by atoms with Crippen LogP contribution in [0.15, 0.2) is 47.7 Å². The van der Waals surface area contributed by atoms with Crippen LogP contribution in [0.5, 0.6) is 11.5 Å². The Morgan fingerprint density at radius 3 is 2.63 bits per heavy atom. The quantitative estimate of drug-likeness (QED) is 0.0836. The van der Waals surface area contributed by atoms with Gasteiger partial charge in [-0.25, -0.2) is 0 Å². The summed E-state index contributed by atoms with van der Waals surface area (Å²) in [5.41, 5.74) is 2.92. The second-order valence-electron chi connectivity index (χ2n) is 15.6. The van der Waals surface area contributed by atoms with E-state index in [4.69, 9.17) is 28.9 Å². The Labute approximate surface area is 308 Å². The lowest BCUT2D eigenvalue weighted by atomic mass is 9.55. The van der Waals surface area contributed by atoms with Crippen LogP contribution in [0.4, 0.5) is 0 Å². The van der Waals surface area contributed by atoms with Crippen LogP contribution in [-0.4, -0.2) is 109 Å². The number of carbonyl (C=O) groups excluding carboxylic acids is 1. The minimum absolute atomic E-state index is 0.0116. The summed E-state index contributed by atoms with van der Waals surface area (Å²) < 4.78 is 26.5. The number of hydrogen-bond acceptors (Lipinski definition) is 10. The summed E-state index contributed by atoms with van der Waals surface area (Å²) in [6.45, 7) is 8.97. The molecule has 11 heteroatoms. The van der Waals surface area contributed by atoms with Crippen LogP contribution in [0.25, 0.3) is 0 Å². The third-order valence-corrected chi connectivity index (χ3v) is 12.0. The predicted molar refractivity (Wildman–Crippen MR) is 197 cm³/mol. The number of ether oxygens (including phenoxy) is 4. The Balaban J connectivity index is 1.37. The average molecular weight is 722 g/mol. The van der Waals surface area contributed by atoms with Crippen molar-refractivity contribution in [3.8, 4) is 11.5 Å². The van der Waals surface area contributed by atoms with E-state index in [1.165, 1.54) is 0 Å². The fourth-order valence-electron chi connectivity index (χ4n) is 9.09. The molecular weight excluding hydrogens is 662 g/mol. The Morgan fingerprint density at radius 2 is 1.92 bits per heavy atom. The van der Waals surface area contributed by atoms with Crippen LogP contribution >= 0.6 is 0 Å². The molecule has 0 aromatic heterocycles. The summed E-state index contributed by atoms with van der Waals surface area (Å²) in [4.78, 5) is 24.4. The molecule has 7 atom stereocenters. The molecule has 7 unspecified atom stereocenters. The molecule has 0 radical (unpaired) electrons. The summed E-state index contributed by atoms with van der Waals surface area (Å²) >= 11 is 0. The van der Waals surface area contributed by atoms with Gasteiger partial charge in [0.25, 0.3) is 0 Å². The zero-order valence-corrected chi connectivity index (χ0v) is 31.0. The van der Waals surface area contributed by atoms with Crippen molar-refractivity contribution in [2.24, 2.45) is 28.8 Å². The van der Waals surface area contributed by atoms with Crippen molar-refractivity contribution >= 4 is 11.6 Å². The number of benzene rings is 1. The second-order valence-corrected chi connectivity index (χ2v) is 15.6. The second kappa shape index (κ2) is 17.0. The molecule has 52 heavy (non-hydrogen) atoms. The van der Waals surface area contributed by atoms with E-state index in [-0.39, 0.29) is 55.3 Å². The van der Waals surface area contributed by atoms with Crippen LogP contribution in [0.3, 0.4) is 0 Å². The summed E-state index contributed by atoms with van der Waals surface area (Å²) in [7, 11) is 1.89. The van der Waals surface area contributed by atoms with Gasteiger partial charge >= 0.3 is 0 Å². The van der Waals surface area contributed by atoms with E-state index < -0.39 is 18.1 Å². The van der Waals surface area contributed by atoms with E-state index >= 15 is 0 Å². The van der Waals surface area contributed by atoms with Gasteiger partial charge in [-0.15, -0.1) is 6.58 Å². The number of oxime groups is 1. The molecule has 0 spiro atoms. The lowest BCUT2D eigenvalue weighted by Crippen LogP contribution is -2.69. The highest BCUT2D eigenvalue weighted by molar-refractivity contribution is 6.03. The molecule has 1 amide bonds. The number of allylic oxidation sites excluding steroid dienone is 1. The van der Waals surface area contributed by atoms with Crippen molar-refractivity contribution in [3.63, 3.8) is 0 Å². The fraction of sp³-hybridized carbons (Fsp3) is 0.707. The van der Waals surface area contributed by atoms with Crippen LogP contribution in [0.1, 0.15) is 88.5 Å². The van der Waals surface area contributed by atoms with Gasteiger partial charge in [0.1, 0.15) is 24.1 Å². The van der Waals surface area contributed by atoms with Crippen LogP contribution in [0.2, 0.25) is 0 Å². The van der Waals surface area contributed by atoms with E-state index in [0.717, 1.165) is 119 Å². The summed E-state index contributed by atoms with van der Waals surface area (Å²) in [5, 5.41) is 24.5. The van der Waals surface area contributed by atoms with Gasteiger partial charge in [0.15, 0.2) is 0 Å². The molecule has 1 aromatic carbocycles. The first kappa shape index (κ1) is 37.4. The Kier molecular flexibility index (Phi) is 12.2. The molecule has 2 saturated carbocycles. The van der Waals surface area contributed by atoms with E-state index in [0.29, 0.717) is 19.6 Å². The van der Waals surface area contributed by atoms with Crippen molar-refractivity contribution in [1.82, 2.24) is 9.80 Å². The van der Waals surface area contributed by atoms with Gasteiger partial charge in [-0.1, -0.05) is 30.1 Å². The molecule has 7 rings (SSSR count). The smallest absolute Gasteiger partial charge is 0.239 e. The standard InChI is InChI=1S/C41H59N3O8/c1-3-22-50-41-36(43(2)40(47)28-13-14-28)27-34(42-52-37-12-6-9-23-49-37)32-25-29(10-4-7-20-45)31(11-5-8-21-46)38(39(32)41)33-26-30(15-16-35(33)51-41)48-24-19-44-17-18-44/h3,15-16,25-26,28-29,31,36-39,45-46H,1,4-14,17-24,27H2,2H3. The molecule has 0 bridgehead atoms. The largest absolute Gasteiger partial charge is 0.492 e. The first-order valence-electron chi connectivity index (χ1n) is 19.9. The summed E-state index contributed by atoms with van der Waals surface area (Å²) in [5.74, 6) is 0.425. The maximum atomic E-state index is 14.0. The zero-order valence-electron chi connectivity index (χ0n) is 31.0. The van der Waals surface area contributed by atoms with Gasteiger partial charge in [0.05, 0.1) is 24.8 Å². The Bertz CT molecular complexity index is 1450. The zero-order chi connectivity index (χ0) is 36.1. The van der Waals surface area contributed by atoms with Gasteiger partial charge in [-0.3, -0.25) is 9.69 Å². The van der Waals surface area contributed by atoms with Gasteiger partial charge in [-0.2, -0.15) is 0 Å². The van der Waals surface area contributed by atoms with Crippen LogP contribution in [0, 0.1) is 23.7 Å². The van der Waals surface area contributed by atoms with Gasteiger partial charge < -0.3 is 38.9 Å². The molecule has 6 aliphatic rings. The van der Waals surface area contributed by atoms with Crippen LogP contribution in [-0.2, 0) is 19.1 Å². The number of aliphatic hydroxyl groups is 2. The van der Waals surface area contributed by atoms with Crippen LogP contribution < -0.4 is 9.47 Å². The number of aliphatic hydroxyl groups excluding tert-OH is 2. The lowest BCUT2D eigenvalue weighted by molar-refractivity contribution is -0.256. The molecule has 1 aromatic rings. The van der Waals surface area contributed by atoms with E-state index in [2.05, 4.69) is 23.6 Å². The van der Waals surface area contributed by atoms with Gasteiger partial charge in [0.2, 0.25) is 18.0 Å². The fourth-order valence-corrected chi connectivity index (χ4v) is 9.09. The van der Waals surface area contributed by atoms with E-state index in [1.807, 2.05) is 24.1 Å². The van der Waals surface area contributed by atoms with Crippen molar-refractivity contribution in [2.45, 2.75) is 101 Å². The topological polar surface area (TPSA) is 122 Å². The monoisotopic (exact) mass is 721 g/mol. The normalized spacial score (nSPS) is 31.5. The molecule has 2 N–H and O–H groups in total. The number of carbonyl (C=O) groups is 1. The highest BCUT2D eigenvalue weighted by Crippen LogP contribution is 2.62. The first-order valence-corrected chi connectivity index (χ1v) is 19.9. The Hall–Kier alpha value is -2.96. The molecule has 2 saturated heterocycles. The first-order chi connectivity index (χ1) is 25.5. The molecule has 11 nitrogen and oxygen atoms in total. The summed E-state index contributed by atoms with van der Waals surface area (Å²) in [6.07, 6.45) is 13.8. The molecule has 286 valence electrons. The number of amides is 1. The highest BCUT2D eigenvalue weighted by Gasteiger charge is 2.65. The molecule has 3 aliphatic heterocycles. The third kappa shape index (κ3) is 8.09. The SMILES string of the molecule is C=CCOC12Oc3ccc(OCCN4CC4)cc3C3C(CCCCO)C(CCCCO)C=C(C(=NOC4CCCCO4)CC1N(C)C(=O)C1CC1)C32. The lowest BCUT2D eigenvalue weighted by Gasteiger charge is -2.59. The van der Waals surface area contributed by atoms with Crippen molar-refractivity contribution in [1.29, 1.82) is 0 Å². The minimum Gasteiger partial charge on any atom is -0.492 e. The Morgan fingerprint density at radius 1 is 1.12 bits per heavy atom. The number of hydrogen-bond donors (Lipinski definition) is 2. The number of rotatable bonds is 19. The molecule has 3 aliphatic carbocycles. The number of likely N-dealkylation sites (N-methyl/N-ethyl adjacent to an activating group) is 1. The number of nitrogens with zero attached hydrogens (tertiary/aromatic N) is 3. The predicted octanol–water partition coefficient (Wildman–Crippen LogP) is 5.41. The van der Waals surface area contributed by atoms with E-state index in [9.17, 15) is 15.0 Å². The minimum atomic E-state index is -1.22. The third-order valence-electron chi connectivity index (χ3n) is 12.0. The summed E-state index contributed by atoms with van der Waals surface area (Å²) in [6, 6.07) is 5.69. The highest BCUT2D eigenvalue weighted by atomic mass is 16.8. The van der Waals surface area contributed by atoms with Gasteiger partial charge in [0, 0.05) is 70.1 Å². The molecule has 3 heterocycles. The molecule has 4 fully saturated rings. The van der Waals surface area contributed by atoms with Crippen molar-refractivity contribution in [2.75, 3.05) is 59.7 Å². The van der Waals surface area contributed by atoms with Crippen molar-refractivity contribution < 1.29 is 38.8 Å². The number of fused-ring (bicyclic) bond motifs is 2. The van der Waals surface area contributed by atoms with Crippen molar-refractivity contribution in [3.05, 3.63) is 48.1 Å². The maximum Gasteiger partial charge on any atom is 0.239 e. The number of unbranched alkanes of at least 4 members (excludes halogenated alkanes) is 2. The maximum absolute atomic E-state index is 14.0. The average Bonchev–Trinajstić information content (AvgIpc) is 4.10. The van der Waals surface area contributed by atoms with Gasteiger partial charge in [-0.05, 0) is 87.0 Å².